The molecule has 3 aromatic carbocycles. The van der Waals surface area contributed by atoms with Crippen LogP contribution in [0.15, 0.2) is 78.9 Å². The highest BCUT2D eigenvalue weighted by Gasteiger charge is 2.15. The van der Waals surface area contributed by atoms with Crippen LogP contribution < -0.4 is 20.1 Å². The normalized spacial score (nSPS) is 10.8. The van der Waals surface area contributed by atoms with Gasteiger partial charge in [-0.2, -0.15) is 9.67 Å². The van der Waals surface area contributed by atoms with Crippen molar-refractivity contribution >= 4 is 29.6 Å². The molecule has 0 saturated carbocycles. The first-order valence-corrected chi connectivity index (χ1v) is 11.6. The number of aromatic nitrogens is 3. The molecule has 0 radical (unpaired) electrons. The number of non-ortho nitro benzene ring substituents is 1. The second-order valence-electron chi connectivity index (χ2n) is 8.10. The summed E-state index contributed by atoms with van der Waals surface area (Å²) in [6, 6.07) is 21.0. The Kier molecular flexibility index (Phi) is 8.29. The molecule has 0 spiro atoms. The molecule has 0 amide bonds. The van der Waals surface area contributed by atoms with Gasteiger partial charge in [0.15, 0.2) is 0 Å². The van der Waals surface area contributed by atoms with Crippen LogP contribution in [0.1, 0.15) is 21.5 Å². The van der Waals surface area contributed by atoms with Gasteiger partial charge in [0, 0.05) is 31.3 Å². The van der Waals surface area contributed by atoms with Crippen molar-refractivity contribution in [3.05, 3.63) is 106 Å². The number of nitrogens with zero attached hydrogens (tertiary/aromatic N) is 4. The van der Waals surface area contributed by atoms with Crippen molar-refractivity contribution < 1.29 is 19.2 Å². The minimum atomic E-state index is -0.489. The molecule has 2 N–H and O–H groups in total. The van der Waals surface area contributed by atoms with Crippen LogP contribution in [0.5, 0.6) is 11.5 Å². The Labute approximate surface area is 218 Å². The van der Waals surface area contributed by atoms with Crippen molar-refractivity contribution in [2.75, 3.05) is 24.9 Å². The Bertz CT molecular complexity index is 1470. The lowest BCUT2D eigenvalue weighted by atomic mass is 10.2. The third-order valence-electron chi connectivity index (χ3n) is 5.48. The van der Waals surface area contributed by atoms with E-state index in [0.29, 0.717) is 24.4 Å². The summed E-state index contributed by atoms with van der Waals surface area (Å²) in [7, 11) is 3.19. The summed E-state index contributed by atoms with van der Waals surface area (Å²) in [4.78, 5) is 28.1. The molecule has 0 fully saturated rings. The lowest BCUT2D eigenvalue weighted by Crippen LogP contribution is -2.14. The number of benzene rings is 3. The summed E-state index contributed by atoms with van der Waals surface area (Å²) in [5.74, 6) is 1.44. The number of carbonyl (C=O) groups excluding carboxylic acids is 1. The molecular weight excluding hydrogens is 488 g/mol. The van der Waals surface area contributed by atoms with E-state index in [-0.39, 0.29) is 17.6 Å². The molecule has 0 atom stereocenters. The number of ether oxygens (including phenoxy) is 2. The summed E-state index contributed by atoms with van der Waals surface area (Å²) in [5, 5.41) is 21.7. The first-order chi connectivity index (χ1) is 18.4. The zero-order valence-electron chi connectivity index (χ0n) is 20.8. The maximum atomic E-state index is 13.1. The number of hydrogen-bond donors (Lipinski definition) is 2. The number of hydrogen-bond acceptors (Lipinski definition) is 9. The number of methoxy groups -OCH3 is 2. The zero-order chi connectivity index (χ0) is 26.9. The van der Waals surface area contributed by atoms with Crippen LogP contribution in [0.4, 0.5) is 17.6 Å². The molecule has 0 aliphatic rings. The number of rotatable bonds is 11. The second-order valence-corrected chi connectivity index (χ2v) is 8.10. The molecule has 4 rings (SSSR count). The summed E-state index contributed by atoms with van der Waals surface area (Å²) >= 11 is 0. The third kappa shape index (κ3) is 6.72. The average molecular weight is 515 g/mol. The molecule has 194 valence electrons. The summed E-state index contributed by atoms with van der Waals surface area (Å²) in [6.07, 6.45) is 2.78. The summed E-state index contributed by atoms with van der Waals surface area (Å²) in [6.45, 7) is 0.779. The quantitative estimate of drug-likeness (QED) is 0.165. The molecule has 0 aliphatic heterocycles. The van der Waals surface area contributed by atoms with Crippen molar-refractivity contribution in [3.8, 4) is 11.5 Å². The first-order valence-electron chi connectivity index (χ1n) is 11.6. The van der Waals surface area contributed by atoms with Gasteiger partial charge in [-0.05, 0) is 47.0 Å². The third-order valence-corrected chi connectivity index (χ3v) is 5.48. The topological polar surface area (TPSA) is 133 Å². The van der Waals surface area contributed by atoms with E-state index in [1.807, 2.05) is 48.5 Å². The second kappa shape index (κ2) is 12.2. The van der Waals surface area contributed by atoms with Crippen molar-refractivity contribution in [2.24, 2.45) is 0 Å². The maximum absolute atomic E-state index is 13.1. The van der Waals surface area contributed by atoms with Crippen molar-refractivity contribution in [1.29, 1.82) is 0 Å². The molecule has 11 heteroatoms. The van der Waals surface area contributed by atoms with Gasteiger partial charge in [-0.15, -0.1) is 5.10 Å². The summed E-state index contributed by atoms with van der Waals surface area (Å²) in [5.41, 5.74) is 2.31. The minimum Gasteiger partial charge on any atom is -0.497 e. The van der Waals surface area contributed by atoms with E-state index < -0.39 is 10.8 Å². The van der Waals surface area contributed by atoms with E-state index in [1.54, 1.807) is 26.4 Å². The Morgan fingerprint density at radius 1 is 0.947 bits per heavy atom. The lowest BCUT2D eigenvalue weighted by Gasteiger charge is -2.07. The minimum absolute atomic E-state index is 0.0648. The number of nitrogens with one attached hydrogen (secondary N) is 2. The van der Waals surface area contributed by atoms with Crippen LogP contribution in [0, 0.1) is 10.1 Å². The molecule has 0 unspecified atom stereocenters. The van der Waals surface area contributed by atoms with Crippen LogP contribution in [0.25, 0.3) is 6.08 Å². The molecule has 38 heavy (non-hydrogen) atoms. The molecule has 0 aliphatic carbocycles. The number of nitro groups is 1. The van der Waals surface area contributed by atoms with E-state index in [2.05, 4.69) is 20.7 Å². The fourth-order valence-corrected chi connectivity index (χ4v) is 3.56. The summed E-state index contributed by atoms with van der Waals surface area (Å²) < 4.78 is 11.7. The van der Waals surface area contributed by atoms with Gasteiger partial charge in [0.1, 0.15) is 11.5 Å². The number of anilines is 2. The smallest absolute Gasteiger partial charge is 0.274 e. The Morgan fingerprint density at radius 2 is 1.58 bits per heavy atom. The van der Waals surface area contributed by atoms with Gasteiger partial charge in [-0.3, -0.25) is 14.9 Å². The fourth-order valence-electron chi connectivity index (χ4n) is 3.56. The Hall–Kier alpha value is -5.19. The maximum Gasteiger partial charge on any atom is 0.274 e. The van der Waals surface area contributed by atoms with Crippen LogP contribution in [-0.4, -0.2) is 39.8 Å². The zero-order valence-corrected chi connectivity index (χ0v) is 20.8. The highest BCUT2D eigenvalue weighted by atomic mass is 16.6. The van der Waals surface area contributed by atoms with E-state index in [0.717, 1.165) is 21.6 Å². The van der Waals surface area contributed by atoms with Crippen LogP contribution in [0.3, 0.4) is 0 Å². The number of nitro benzene ring substituents is 1. The predicted molar refractivity (Wildman–Crippen MR) is 143 cm³/mol. The van der Waals surface area contributed by atoms with Gasteiger partial charge in [0.25, 0.3) is 11.6 Å². The van der Waals surface area contributed by atoms with Crippen LogP contribution in [-0.2, 0) is 13.1 Å². The molecular formula is C27H26N6O5. The lowest BCUT2D eigenvalue weighted by molar-refractivity contribution is -0.384. The average Bonchev–Trinajstić information content (AvgIpc) is 3.37. The SMILES string of the molecule is COc1cccc(CNc2nc(NCc3cccc(OC)c3)n(C(=O)/C=C/c3cccc([N+](=O)[O-])c3)n2)c1. The Balaban J connectivity index is 1.55. The van der Waals surface area contributed by atoms with Gasteiger partial charge in [-0.1, -0.05) is 36.4 Å². The fraction of sp³-hybridized carbons (Fsp3) is 0.148. The Morgan fingerprint density at radius 3 is 2.21 bits per heavy atom. The molecule has 0 saturated heterocycles. The molecule has 0 bridgehead atoms. The van der Waals surface area contributed by atoms with Gasteiger partial charge in [0.05, 0.1) is 19.1 Å². The van der Waals surface area contributed by atoms with Gasteiger partial charge in [0.2, 0.25) is 11.9 Å². The predicted octanol–water partition coefficient (Wildman–Crippen LogP) is 4.78. The highest BCUT2D eigenvalue weighted by Crippen LogP contribution is 2.18. The van der Waals surface area contributed by atoms with Gasteiger partial charge < -0.3 is 20.1 Å². The molecule has 1 aromatic heterocycles. The van der Waals surface area contributed by atoms with Crippen molar-refractivity contribution in [1.82, 2.24) is 14.8 Å². The first kappa shape index (κ1) is 25.9. The highest BCUT2D eigenvalue weighted by molar-refractivity contribution is 5.94. The molecule has 11 nitrogen and oxygen atoms in total. The van der Waals surface area contributed by atoms with Gasteiger partial charge >= 0.3 is 0 Å². The van der Waals surface area contributed by atoms with E-state index in [9.17, 15) is 14.9 Å². The number of carbonyl (C=O) groups is 1. The van der Waals surface area contributed by atoms with Crippen molar-refractivity contribution in [2.45, 2.75) is 13.1 Å². The largest absolute Gasteiger partial charge is 0.497 e. The number of allylic oxidation sites excluding steroid dienone is 1. The van der Waals surface area contributed by atoms with Gasteiger partial charge in [-0.25, -0.2) is 0 Å². The standard InChI is InChI=1S/C27H26N6O5/c1-37-23-10-4-7-20(15-23)17-28-26-30-27(29-18-21-8-5-11-24(16-21)38-2)32(31-26)25(34)13-12-19-6-3-9-22(14-19)33(35)36/h3-16H,17-18H2,1-2H3,(H2,28,29,30,31)/b13-12+. The van der Waals surface area contributed by atoms with Crippen LogP contribution >= 0.6 is 0 Å². The monoisotopic (exact) mass is 514 g/mol. The molecule has 1 heterocycles. The van der Waals surface area contributed by atoms with Crippen molar-refractivity contribution in [3.63, 3.8) is 0 Å². The van der Waals surface area contributed by atoms with Crippen LogP contribution in [0.2, 0.25) is 0 Å². The van der Waals surface area contributed by atoms with E-state index >= 15 is 0 Å². The molecule has 4 aromatic rings. The van der Waals surface area contributed by atoms with E-state index in [1.165, 1.54) is 24.3 Å². The van der Waals surface area contributed by atoms with E-state index in [4.69, 9.17) is 9.47 Å².